The van der Waals surface area contributed by atoms with Crippen LogP contribution in [0.4, 0.5) is 0 Å². The highest BCUT2D eigenvalue weighted by Gasteiger charge is 2.15. The van der Waals surface area contributed by atoms with Crippen LogP contribution in [0.1, 0.15) is 29.5 Å². The van der Waals surface area contributed by atoms with Crippen molar-refractivity contribution in [1.82, 2.24) is 15.4 Å². The highest BCUT2D eigenvalue weighted by molar-refractivity contribution is 5.28. The largest absolute Gasteiger partial charge is 0.360 e. The molecule has 2 aromatic rings. The van der Waals surface area contributed by atoms with Crippen molar-refractivity contribution in [3.63, 3.8) is 0 Å². The molecule has 21 heavy (non-hydrogen) atoms. The van der Waals surface area contributed by atoms with Crippen LogP contribution in [0.5, 0.6) is 0 Å². The van der Waals surface area contributed by atoms with Gasteiger partial charge in [0.2, 0.25) is 0 Å². The van der Waals surface area contributed by atoms with Gasteiger partial charge >= 0.3 is 0 Å². The molecule has 0 unspecified atom stereocenters. The molecule has 0 saturated heterocycles. The number of aromatic nitrogens is 1. The summed E-state index contributed by atoms with van der Waals surface area (Å²) in [5, 5.41) is 7.39. The quantitative estimate of drug-likeness (QED) is 0.916. The van der Waals surface area contributed by atoms with E-state index >= 15 is 0 Å². The average molecular weight is 285 g/mol. The van der Waals surface area contributed by atoms with Gasteiger partial charge in [0.05, 0.1) is 12.2 Å². The number of nitrogens with zero attached hydrogens (tertiary/aromatic N) is 2. The average Bonchev–Trinajstić information content (AvgIpc) is 2.86. The molecule has 1 N–H and O–H groups in total. The molecule has 4 heteroatoms. The summed E-state index contributed by atoms with van der Waals surface area (Å²) in [7, 11) is 0. The molecule has 112 valence electrons. The molecule has 1 aromatic carbocycles. The monoisotopic (exact) mass is 285 g/mol. The van der Waals surface area contributed by atoms with E-state index in [-0.39, 0.29) is 0 Å². The molecule has 0 amide bonds. The van der Waals surface area contributed by atoms with Crippen molar-refractivity contribution in [2.24, 2.45) is 0 Å². The Labute approximate surface area is 126 Å². The number of hydrogen-bond acceptors (Lipinski definition) is 4. The first-order valence-corrected chi connectivity index (χ1v) is 7.79. The third-order valence-corrected chi connectivity index (χ3v) is 4.06. The predicted molar refractivity (Wildman–Crippen MR) is 83.0 cm³/mol. The summed E-state index contributed by atoms with van der Waals surface area (Å²) in [6, 6.07) is 10.8. The second-order valence-corrected chi connectivity index (χ2v) is 5.61. The number of hydrogen-bond donors (Lipinski definition) is 1. The van der Waals surface area contributed by atoms with E-state index < -0.39 is 0 Å². The minimum absolute atomic E-state index is 0.783. The normalized spacial score (nSPS) is 15.7. The van der Waals surface area contributed by atoms with Crippen molar-refractivity contribution in [2.75, 3.05) is 19.6 Å². The second-order valence-electron chi connectivity index (χ2n) is 5.61. The lowest BCUT2D eigenvalue weighted by molar-refractivity contribution is 0.240. The lowest BCUT2D eigenvalue weighted by Gasteiger charge is -2.17. The fourth-order valence-electron chi connectivity index (χ4n) is 2.86. The Morgan fingerprint density at radius 1 is 1.19 bits per heavy atom. The van der Waals surface area contributed by atoms with E-state index in [9.17, 15) is 0 Å². The summed E-state index contributed by atoms with van der Waals surface area (Å²) in [6.07, 6.45) is 2.24. The van der Waals surface area contributed by atoms with Crippen molar-refractivity contribution in [1.29, 1.82) is 0 Å². The van der Waals surface area contributed by atoms with Crippen LogP contribution in [0, 0.1) is 0 Å². The first-order chi connectivity index (χ1) is 10.3. The molecule has 0 fully saturated rings. The lowest BCUT2D eigenvalue weighted by atomic mass is 10.0. The van der Waals surface area contributed by atoms with Gasteiger partial charge in [0, 0.05) is 25.7 Å². The fourth-order valence-corrected chi connectivity index (χ4v) is 2.86. The maximum atomic E-state index is 5.45. The topological polar surface area (TPSA) is 41.3 Å². The van der Waals surface area contributed by atoms with E-state index in [1.165, 1.54) is 11.1 Å². The van der Waals surface area contributed by atoms with E-state index in [0.29, 0.717) is 0 Å². The zero-order valence-corrected chi connectivity index (χ0v) is 12.6. The Bertz CT molecular complexity index is 552. The molecule has 1 aliphatic rings. The van der Waals surface area contributed by atoms with Crippen LogP contribution in [0.2, 0.25) is 0 Å². The van der Waals surface area contributed by atoms with Crippen molar-refractivity contribution in [3.05, 3.63) is 52.9 Å². The minimum Gasteiger partial charge on any atom is -0.360 e. The molecule has 0 spiro atoms. The van der Waals surface area contributed by atoms with Crippen molar-refractivity contribution < 1.29 is 4.52 Å². The molecule has 2 heterocycles. The first kappa shape index (κ1) is 14.3. The van der Waals surface area contributed by atoms with E-state index in [1.807, 2.05) is 0 Å². The molecule has 0 aliphatic carbocycles. The SMILES string of the molecule is CCNCc1cc(CN2CCc3ccccc3CC2)on1. The van der Waals surface area contributed by atoms with Gasteiger partial charge in [0.15, 0.2) is 5.76 Å². The predicted octanol–water partition coefficient (Wildman–Crippen LogP) is 2.38. The number of rotatable bonds is 5. The smallest absolute Gasteiger partial charge is 0.151 e. The van der Waals surface area contributed by atoms with Gasteiger partial charge in [-0.25, -0.2) is 0 Å². The van der Waals surface area contributed by atoms with E-state index in [1.54, 1.807) is 0 Å². The van der Waals surface area contributed by atoms with Gasteiger partial charge in [-0.15, -0.1) is 0 Å². The van der Waals surface area contributed by atoms with E-state index in [4.69, 9.17) is 4.52 Å². The summed E-state index contributed by atoms with van der Waals surface area (Å²) < 4.78 is 5.45. The van der Waals surface area contributed by atoms with Crippen LogP contribution in [0.15, 0.2) is 34.9 Å². The Balaban J connectivity index is 1.58. The Hall–Kier alpha value is -1.65. The zero-order valence-electron chi connectivity index (χ0n) is 12.6. The number of nitrogens with one attached hydrogen (secondary N) is 1. The van der Waals surface area contributed by atoms with Gasteiger partial charge in [-0.2, -0.15) is 0 Å². The molecule has 1 aromatic heterocycles. The third-order valence-electron chi connectivity index (χ3n) is 4.06. The summed E-state index contributed by atoms with van der Waals surface area (Å²) in [5.41, 5.74) is 3.97. The number of benzene rings is 1. The van der Waals surface area contributed by atoms with E-state index in [2.05, 4.69) is 52.6 Å². The Morgan fingerprint density at radius 2 is 1.90 bits per heavy atom. The maximum Gasteiger partial charge on any atom is 0.151 e. The van der Waals surface area contributed by atoms with Gasteiger partial charge in [-0.3, -0.25) is 4.90 Å². The Morgan fingerprint density at radius 3 is 2.57 bits per heavy atom. The molecular weight excluding hydrogens is 262 g/mol. The van der Waals surface area contributed by atoms with Gasteiger partial charge in [0.1, 0.15) is 0 Å². The van der Waals surface area contributed by atoms with Crippen molar-refractivity contribution >= 4 is 0 Å². The fraction of sp³-hybridized carbons (Fsp3) is 0.471. The standard InChI is InChI=1S/C17H23N3O/c1-2-18-12-16-11-17(21-19-16)13-20-9-7-14-5-3-4-6-15(14)8-10-20/h3-6,11,18H,2,7-10,12-13H2,1H3. The summed E-state index contributed by atoms with van der Waals surface area (Å²) in [5.74, 6) is 0.967. The molecule has 0 atom stereocenters. The van der Waals surface area contributed by atoms with Gasteiger partial charge in [-0.05, 0) is 30.5 Å². The molecule has 3 rings (SSSR count). The van der Waals surface area contributed by atoms with Gasteiger partial charge in [-0.1, -0.05) is 36.3 Å². The van der Waals surface area contributed by atoms with Gasteiger partial charge < -0.3 is 9.84 Å². The summed E-state index contributed by atoms with van der Waals surface area (Å²) in [6.45, 7) is 6.85. The highest BCUT2D eigenvalue weighted by Crippen LogP contribution is 2.17. The minimum atomic E-state index is 0.783. The molecule has 0 saturated carbocycles. The summed E-state index contributed by atoms with van der Waals surface area (Å²) in [4.78, 5) is 2.46. The van der Waals surface area contributed by atoms with Crippen LogP contribution in [0.3, 0.4) is 0 Å². The highest BCUT2D eigenvalue weighted by atomic mass is 16.5. The second kappa shape index (κ2) is 6.87. The molecular formula is C17H23N3O. The zero-order chi connectivity index (χ0) is 14.5. The third kappa shape index (κ3) is 3.71. The van der Waals surface area contributed by atoms with Crippen molar-refractivity contribution in [2.45, 2.75) is 32.9 Å². The maximum absolute atomic E-state index is 5.45. The first-order valence-electron chi connectivity index (χ1n) is 7.79. The van der Waals surface area contributed by atoms with Crippen LogP contribution >= 0.6 is 0 Å². The summed E-state index contributed by atoms with van der Waals surface area (Å²) >= 11 is 0. The van der Waals surface area contributed by atoms with Crippen LogP contribution in [-0.4, -0.2) is 29.7 Å². The molecule has 4 nitrogen and oxygen atoms in total. The number of fused-ring (bicyclic) bond motifs is 1. The van der Waals surface area contributed by atoms with Crippen LogP contribution in [-0.2, 0) is 25.9 Å². The van der Waals surface area contributed by atoms with Crippen molar-refractivity contribution in [3.8, 4) is 0 Å². The lowest BCUT2D eigenvalue weighted by Crippen LogP contribution is -2.25. The van der Waals surface area contributed by atoms with Crippen LogP contribution in [0.25, 0.3) is 0 Å². The molecule has 0 bridgehead atoms. The Kier molecular flexibility index (Phi) is 4.68. The van der Waals surface area contributed by atoms with E-state index in [0.717, 1.165) is 57.0 Å². The molecule has 1 aliphatic heterocycles. The van der Waals surface area contributed by atoms with Gasteiger partial charge in [0.25, 0.3) is 0 Å². The van der Waals surface area contributed by atoms with Crippen LogP contribution < -0.4 is 5.32 Å². The molecule has 0 radical (unpaired) electrons.